The lowest BCUT2D eigenvalue weighted by atomic mass is 9.84. The first-order chi connectivity index (χ1) is 8.91. The average Bonchev–Trinajstić information content (AvgIpc) is 2.36. The number of hydrogen-bond acceptors (Lipinski definition) is 2. The lowest BCUT2D eigenvalue weighted by Crippen LogP contribution is -2.52. The van der Waals surface area contributed by atoms with Gasteiger partial charge in [-0.05, 0) is 31.6 Å². The van der Waals surface area contributed by atoms with Crippen LogP contribution in [-0.4, -0.2) is 31.6 Å². The van der Waals surface area contributed by atoms with Crippen LogP contribution in [0.2, 0.25) is 0 Å². The molecular formula is C14H25BN2O2. The number of nitrogens with one attached hydrogen (secondary N) is 2. The van der Waals surface area contributed by atoms with Crippen LogP contribution < -0.4 is 10.6 Å². The molecule has 0 unspecified atom stereocenters. The van der Waals surface area contributed by atoms with Crippen molar-refractivity contribution in [2.24, 2.45) is 11.8 Å². The van der Waals surface area contributed by atoms with Crippen molar-refractivity contribution in [3.05, 3.63) is 0 Å². The van der Waals surface area contributed by atoms with Gasteiger partial charge in [-0.3, -0.25) is 9.59 Å². The van der Waals surface area contributed by atoms with Crippen LogP contribution in [-0.2, 0) is 4.79 Å². The third-order valence-corrected chi connectivity index (χ3v) is 3.97. The van der Waals surface area contributed by atoms with Crippen molar-refractivity contribution in [3.63, 3.8) is 0 Å². The van der Waals surface area contributed by atoms with Gasteiger partial charge in [0.2, 0.25) is 13.8 Å². The molecule has 0 saturated heterocycles. The quantitative estimate of drug-likeness (QED) is 0.746. The van der Waals surface area contributed by atoms with E-state index in [4.69, 9.17) is 7.85 Å². The molecule has 0 aromatic heterocycles. The van der Waals surface area contributed by atoms with Crippen molar-refractivity contribution < 1.29 is 9.59 Å². The van der Waals surface area contributed by atoms with Crippen molar-refractivity contribution in [1.29, 1.82) is 0 Å². The lowest BCUT2D eigenvalue weighted by Gasteiger charge is -2.30. The van der Waals surface area contributed by atoms with E-state index in [2.05, 4.69) is 17.6 Å². The molecule has 0 spiro atoms. The molecule has 2 N–H and O–H groups in total. The van der Waals surface area contributed by atoms with Crippen molar-refractivity contribution in [1.82, 2.24) is 10.6 Å². The fourth-order valence-corrected chi connectivity index (χ4v) is 2.75. The lowest BCUT2D eigenvalue weighted by molar-refractivity contribution is -0.124. The maximum atomic E-state index is 12.2. The second-order valence-corrected chi connectivity index (χ2v) is 5.93. The molecule has 0 bridgehead atoms. The van der Waals surface area contributed by atoms with E-state index in [1.54, 1.807) is 0 Å². The zero-order valence-electron chi connectivity index (χ0n) is 12.2. The van der Waals surface area contributed by atoms with Gasteiger partial charge in [0, 0.05) is 6.04 Å². The third-order valence-electron chi connectivity index (χ3n) is 3.97. The number of carbonyl (C=O) groups is 2. The Hall–Kier alpha value is -0.995. The highest BCUT2D eigenvalue weighted by molar-refractivity contribution is 6.57. The first kappa shape index (κ1) is 16.1. The minimum Gasteiger partial charge on any atom is -0.354 e. The van der Waals surface area contributed by atoms with Gasteiger partial charge in [-0.2, -0.15) is 0 Å². The summed E-state index contributed by atoms with van der Waals surface area (Å²) in [6.07, 6.45) is 6.15. The zero-order valence-corrected chi connectivity index (χ0v) is 12.2. The fourth-order valence-electron chi connectivity index (χ4n) is 2.75. The Bertz CT molecular complexity index is 315. The molecule has 106 valence electrons. The summed E-state index contributed by atoms with van der Waals surface area (Å²) in [6, 6.07) is -0.396. The molecule has 19 heavy (non-hydrogen) atoms. The molecule has 1 saturated carbocycles. The molecule has 2 amide bonds. The fraction of sp³-hybridized carbons (Fsp3) is 0.857. The molecule has 1 aliphatic carbocycles. The van der Waals surface area contributed by atoms with E-state index in [1.807, 2.05) is 13.8 Å². The molecule has 1 fully saturated rings. The van der Waals surface area contributed by atoms with Gasteiger partial charge in [0.25, 0.3) is 0 Å². The Morgan fingerprint density at radius 2 is 1.63 bits per heavy atom. The van der Waals surface area contributed by atoms with Crippen LogP contribution in [0.25, 0.3) is 0 Å². The highest BCUT2D eigenvalue weighted by Crippen LogP contribution is 2.26. The normalized spacial score (nSPS) is 19.8. The van der Waals surface area contributed by atoms with E-state index < -0.39 is 11.8 Å². The second-order valence-electron chi connectivity index (χ2n) is 5.93. The summed E-state index contributed by atoms with van der Waals surface area (Å²) in [5.41, 5.74) is 0. The summed E-state index contributed by atoms with van der Waals surface area (Å²) in [5.74, 6) is -0.212. The molecule has 1 rings (SSSR count). The zero-order chi connectivity index (χ0) is 14.4. The summed E-state index contributed by atoms with van der Waals surface area (Å²) in [4.78, 5) is 23.1. The summed E-state index contributed by atoms with van der Waals surface area (Å²) in [6.45, 7) is 5.84. The number of rotatable bonds is 5. The SMILES string of the molecule is [B]C(=O)N[C@@H](C(=O)N[C@@H](C)C1CCCCC1)C(C)C. The van der Waals surface area contributed by atoms with Crippen LogP contribution in [0.3, 0.4) is 0 Å². The van der Waals surface area contributed by atoms with E-state index in [9.17, 15) is 9.59 Å². The van der Waals surface area contributed by atoms with Crippen molar-refractivity contribution in [3.8, 4) is 0 Å². The molecule has 0 heterocycles. The van der Waals surface area contributed by atoms with Gasteiger partial charge in [-0.1, -0.05) is 33.1 Å². The standard InChI is InChI=1S/C14H25BN2O2/c1-9(2)12(17-14(15)19)13(18)16-10(3)11-7-5-4-6-8-11/h9-12H,4-8H2,1-3H3,(H,16,18)(H,17,19)/t10-,12+/m0/s1. The molecule has 2 atom stereocenters. The molecule has 0 aromatic carbocycles. The van der Waals surface area contributed by atoms with E-state index in [-0.39, 0.29) is 17.9 Å². The molecule has 4 nitrogen and oxygen atoms in total. The predicted octanol–water partition coefficient (Wildman–Crippen LogP) is 1.97. The number of amides is 2. The van der Waals surface area contributed by atoms with E-state index in [0.29, 0.717) is 5.92 Å². The van der Waals surface area contributed by atoms with Crippen molar-refractivity contribution in [2.75, 3.05) is 0 Å². The Balaban J connectivity index is 2.52. The van der Waals surface area contributed by atoms with E-state index in [1.165, 1.54) is 32.1 Å². The van der Waals surface area contributed by atoms with Crippen LogP contribution in [0.4, 0.5) is 4.79 Å². The monoisotopic (exact) mass is 264 g/mol. The highest BCUT2D eigenvalue weighted by Gasteiger charge is 2.27. The van der Waals surface area contributed by atoms with Gasteiger partial charge < -0.3 is 10.6 Å². The minimum atomic E-state index is -0.654. The van der Waals surface area contributed by atoms with Crippen molar-refractivity contribution >= 4 is 19.6 Å². The largest absolute Gasteiger partial charge is 0.354 e. The van der Waals surface area contributed by atoms with E-state index in [0.717, 1.165) is 0 Å². The molecule has 5 heteroatoms. The van der Waals surface area contributed by atoms with Crippen molar-refractivity contribution in [2.45, 2.75) is 65.0 Å². The van der Waals surface area contributed by atoms with Crippen LogP contribution in [0.5, 0.6) is 0 Å². The third kappa shape index (κ3) is 5.25. The Kier molecular flexibility index (Phi) is 6.39. The summed E-state index contributed by atoms with van der Waals surface area (Å²) >= 11 is 0. The van der Waals surface area contributed by atoms with Gasteiger partial charge in [-0.25, -0.2) is 0 Å². The van der Waals surface area contributed by atoms with Gasteiger partial charge in [0.1, 0.15) is 6.04 Å². The molecule has 0 aromatic rings. The molecule has 2 radical (unpaired) electrons. The summed E-state index contributed by atoms with van der Waals surface area (Å²) < 4.78 is 0. The highest BCUT2D eigenvalue weighted by atomic mass is 16.2. The van der Waals surface area contributed by atoms with Gasteiger partial charge in [0.05, 0.1) is 0 Å². The Labute approximate surface area is 117 Å². The maximum absolute atomic E-state index is 12.2. The molecule has 1 aliphatic rings. The smallest absolute Gasteiger partial charge is 0.243 e. The number of carbonyl (C=O) groups excluding carboxylic acids is 2. The van der Waals surface area contributed by atoms with Crippen LogP contribution in [0, 0.1) is 11.8 Å². The average molecular weight is 264 g/mol. The molecule has 0 aliphatic heterocycles. The minimum absolute atomic E-state index is 0.0195. The van der Waals surface area contributed by atoms with Crippen LogP contribution in [0.1, 0.15) is 52.9 Å². The van der Waals surface area contributed by atoms with Gasteiger partial charge in [0.15, 0.2) is 5.81 Å². The van der Waals surface area contributed by atoms with Crippen LogP contribution in [0.15, 0.2) is 0 Å². The van der Waals surface area contributed by atoms with E-state index >= 15 is 0 Å². The van der Waals surface area contributed by atoms with Gasteiger partial charge >= 0.3 is 0 Å². The Morgan fingerprint density at radius 3 is 2.11 bits per heavy atom. The van der Waals surface area contributed by atoms with Gasteiger partial charge in [-0.15, -0.1) is 0 Å². The number of hydrogen-bond donors (Lipinski definition) is 2. The predicted molar refractivity (Wildman–Crippen MR) is 77.1 cm³/mol. The summed E-state index contributed by atoms with van der Waals surface area (Å²) in [5, 5.41) is 5.54. The first-order valence-electron chi connectivity index (χ1n) is 7.28. The molecular weight excluding hydrogens is 239 g/mol. The first-order valence-corrected chi connectivity index (χ1v) is 7.28. The second kappa shape index (κ2) is 7.56. The topological polar surface area (TPSA) is 58.2 Å². The summed E-state index contributed by atoms with van der Waals surface area (Å²) in [7, 11) is 5.11. The van der Waals surface area contributed by atoms with Crippen LogP contribution >= 0.6 is 0 Å². The maximum Gasteiger partial charge on any atom is 0.243 e. The Morgan fingerprint density at radius 1 is 1.05 bits per heavy atom.